The summed E-state index contributed by atoms with van der Waals surface area (Å²) >= 11 is 0. The molecule has 2 aromatic heterocycles. The number of nitrogens with zero attached hydrogens (tertiary/aromatic N) is 6. The second kappa shape index (κ2) is 14.5. The fourth-order valence-electron chi connectivity index (χ4n) is 2.78. The van der Waals surface area contributed by atoms with E-state index < -0.39 is 0 Å². The van der Waals surface area contributed by atoms with Gasteiger partial charge in [0.1, 0.15) is 0 Å². The fourth-order valence-corrected chi connectivity index (χ4v) is 2.78. The lowest BCUT2D eigenvalue weighted by molar-refractivity contribution is 0.365. The minimum Gasteiger partial charge on any atom is -0.253 e. The Morgan fingerprint density at radius 1 is 0.742 bits per heavy atom. The van der Waals surface area contributed by atoms with Gasteiger partial charge in [0.05, 0.1) is 11.4 Å². The highest BCUT2D eigenvalue weighted by Crippen LogP contribution is 2.21. The number of hydrogen-bond donors (Lipinski definition) is 0. The summed E-state index contributed by atoms with van der Waals surface area (Å²) in [6, 6.07) is 10.7. The first-order valence-electron chi connectivity index (χ1n) is 11.6. The summed E-state index contributed by atoms with van der Waals surface area (Å²) in [4.78, 5) is 0. The molecule has 0 aliphatic rings. The average molecular weight is 427 g/mol. The van der Waals surface area contributed by atoms with Gasteiger partial charge in [0, 0.05) is 25.5 Å². The Kier molecular flexibility index (Phi) is 12.4. The quantitative estimate of drug-likeness (QED) is 0.481. The maximum atomic E-state index is 3.92. The van der Waals surface area contributed by atoms with E-state index >= 15 is 0 Å². The van der Waals surface area contributed by atoms with Crippen LogP contribution in [0.4, 0.5) is 0 Å². The lowest BCUT2D eigenvalue weighted by atomic mass is 9.89. The van der Waals surface area contributed by atoms with Crippen molar-refractivity contribution in [2.24, 2.45) is 5.41 Å². The Morgan fingerprint density at radius 3 is 1.55 bits per heavy atom. The van der Waals surface area contributed by atoms with Gasteiger partial charge in [-0.1, -0.05) is 75.4 Å². The molecule has 6 nitrogen and oxygen atoms in total. The number of aromatic nitrogens is 6. The van der Waals surface area contributed by atoms with E-state index in [2.05, 4.69) is 85.6 Å². The topological polar surface area (TPSA) is 61.4 Å². The highest BCUT2D eigenvalue weighted by atomic mass is 15.4. The van der Waals surface area contributed by atoms with Crippen LogP contribution in [0.15, 0.2) is 42.7 Å². The second-order valence-corrected chi connectivity index (χ2v) is 8.74. The van der Waals surface area contributed by atoms with Gasteiger partial charge in [-0.25, -0.2) is 0 Å². The van der Waals surface area contributed by atoms with Crippen molar-refractivity contribution in [3.63, 3.8) is 0 Å². The van der Waals surface area contributed by atoms with Gasteiger partial charge in [0.25, 0.3) is 0 Å². The minimum absolute atomic E-state index is 0.481. The van der Waals surface area contributed by atoms with Gasteiger partial charge in [-0.2, -0.15) is 0 Å². The summed E-state index contributed by atoms with van der Waals surface area (Å²) in [6.07, 6.45) is 9.72. The first-order chi connectivity index (χ1) is 14.8. The van der Waals surface area contributed by atoms with Crippen LogP contribution in [0.2, 0.25) is 0 Å². The molecule has 0 fully saturated rings. The molecule has 0 saturated carbocycles. The molecule has 6 heteroatoms. The fraction of sp³-hybridized carbons (Fsp3) is 0.600. The van der Waals surface area contributed by atoms with E-state index in [1.807, 2.05) is 35.6 Å². The first kappa shape index (κ1) is 26.5. The van der Waals surface area contributed by atoms with Gasteiger partial charge < -0.3 is 0 Å². The van der Waals surface area contributed by atoms with E-state index in [9.17, 15) is 0 Å². The second-order valence-electron chi connectivity index (χ2n) is 8.74. The van der Waals surface area contributed by atoms with Crippen LogP contribution in [0.1, 0.15) is 78.3 Å². The molecule has 0 aliphatic heterocycles. The van der Waals surface area contributed by atoms with Crippen molar-refractivity contribution in [2.75, 3.05) is 0 Å². The average Bonchev–Trinajstić information content (AvgIpc) is 3.43. The Bertz CT molecular complexity index is 735. The zero-order chi connectivity index (χ0) is 23.1. The summed E-state index contributed by atoms with van der Waals surface area (Å²) in [7, 11) is 0. The number of aryl methyl sites for hydroxylation is 5. The van der Waals surface area contributed by atoms with Crippen LogP contribution in [0, 0.1) is 5.41 Å². The van der Waals surface area contributed by atoms with Crippen LogP contribution in [-0.2, 0) is 32.4 Å². The predicted octanol–water partition coefficient (Wildman–Crippen LogP) is 5.78. The van der Waals surface area contributed by atoms with Crippen molar-refractivity contribution in [3.05, 3.63) is 59.7 Å². The molecular weight excluding hydrogens is 384 g/mol. The van der Waals surface area contributed by atoms with Crippen LogP contribution in [0.25, 0.3) is 0 Å². The monoisotopic (exact) mass is 426 g/mol. The van der Waals surface area contributed by atoms with Crippen molar-refractivity contribution < 1.29 is 0 Å². The molecule has 0 atom stereocenters. The Hall–Kier alpha value is -2.50. The molecule has 3 aromatic rings. The first-order valence-corrected chi connectivity index (χ1v) is 11.6. The zero-order valence-corrected chi connectivity index (χ0v) is 20.7. The van der Waals surface area contributed by atoms with E-state index in [0.717, 1.165) is 37.3 Å². The van der Waals surface area contributed by atoms with Crippen molar-refractivity contribution >= 4 is 0 Å². The Labute approximate surface area is 189 Å². The standard InChI is InChI=1S/C13H20.2C6H11N3/c1-13(2,3)11-7-10-12-8-5-4-6-9-12;2*1-3-6-5-9(4-2)8-7-6/h4-6,8-9H,7,10-11H2,1-3H3;2*5H,3-4H2,1-2H3. The zero-order valence-electron chi connectivity index (χ0n) is 20.7. The third-order valence-corrected chi connectivity index (χ3v) is 4.78. The summed E-state index contributed by atoms with van der Waals surface area (Å²) in [5.74, 6) is 0. The molecule has 0 saturated heterocycles. The predicted molar refractivity (Wildman–Crippen MR) is 129 cm³/mol. The molecule has 0 spiro atoms. The van der Waals surface area contributed by atoms with Gasteiger partial charge in [-0.15, -0.1) is 10.2 Å². The van der Waals surface area contributed by atoms with Crippen LogP contribution >= 0.6 is 0 Å². The van der Waals surface area contributed by atoms with Gasteiger partial charge in [0.15, 0.2) is 0 Å². The van der Waals surface area contributed by atoms with E-state index in [4.69, 9.17) is 0 Å². The molecule has 0 aliphatic carbocycles. The highest BCUT2D eigenvalue weighted by Gasteiger charge is 2.08. The molecule has 1 aromatic carbocycles. The molecule has 31 heavy (non-hydrogen) atoms. The molecule has 0 amide bonds. The van der Waals surface area contributed by atoms with Crippen LogP contribution < -0.4 is 0 Å². The van der Waals surface area contributed by atoms with Gasteiger partial charge in [-0.05, 0) is 56.9 Å². The number of benzene rings is 1. The molecular formula is C25H42N6. The van der Waals surface area contributed by atoms with Gasteiger partial charge in [0.2, 0.25) is 0 Å². The molecule has 172 valence electrons. The molecule has 3 rings (SSSR count). The summed E-state index contributed by atoms with van der Waals surface area (Å²) in [5.41, 5.74) is 4.08. The van der Waals surface area contributed by atoms with E-state index in [1.165, 1.54) is 24.8 Å². The lowest BCUT2D eigenvalue weighted by Gasteiger charge is -2.17. The summed E-state index contributed by atoms with van der Waals surface area (Å²) in [5, 5.41) is 15.6. The molecule has 0 radical (unpaired) electrons. The van der Waals surface area contributed by atoms with Crippen molar-refractivity contribution in [2.45, 2.75) is 93.7 Å². The van der Waals surface area contributed by atoms with Crippen LogP contribution in [0.3, 0.4) is 0 Å². The van der Waals surface area contributed by atoms with Crippen LogP contribution in [-0.4, -0.2) is 30.0 Å². The number of hydrogen-bond acceptors (Lipinski definition) is 4. The van der Waals surface area contributed by atoms with Crippen molar-refractivity contribution in [3.8, 4) is 0 Å². The smallest absolute Gasteiger partial charge is 0.0824 e. The lowest BCUT2D eigenvalue weighted by Crippen LogP contribution is -2.04. The summed E-state index contributed by atoms with van der Waals surface area (Å²) < 4.78 is 3.66. The maximum Gasteiger partial charge on any atom is 0.0824 e. The summed E-state index contributed by atoms with van der Waals surface area (Å²) in [6.45, 7) is 17.0. The number of rotatable bonds is 7. The third kappa shape index (κ3) is 12.1. The van der Waals surface area contributed by atoms with E-state index in [-0.39, 0.29) is 0 Å². The maximum absolute atomic E-state index is 3.92. The molecule has 0 bridgehead atoms. The van der Waals surface area contributed by atoms with E-state index in [1.54, 1.807) is 0 Å². The third-order valence-electron chi connectivity index (χ3n) is 4.78. The Morgan fingerprint density at radius 2 is 1.23 bits per heavy atom. The largest absolute Gasteiger partial charge is 0.253 e. The molecule has 0 N–H and O–H groups in total. The Balaban J connectivity index is 0.000000239. The SMILES string of the molecule is CC(C)(C)CCCc1ccccc1.CCc1cn(CC)nn1.CCc1cn(CC)nn1. The van der Waals surface area contributed by atoms with Crippen molar-refractivity contribution in [1.82, 2.24) is 30.0 Å². The highest BCUT2D eigenvalue weighted by molar-refractivity contribution is 5.14. The van der Waals surface area contributed by atoms with E-state index in [0.29, 0.717) is 5.41 Å². The van der Waals surface area contributed by atoms with Gasteiger partial charge >= 0.3 is 0 Å². The van der Waals surface area contributed by atoms with Gasteiger partial charge in [-0.3, -0.25) is 9.36 Å². The normalized spacial score (nSPS) is 10.7. The minimum atomic E-state index is 0.481. The van der Waals surface area contributed by atoms with Crippen molar-refractivity contribution in [1.29, 1.82) is 0 Å². The molecule has 2 heterocycles. The van der Waals surface area contributed by atoms with Crippen LogP contribution in [0.5, 0.6) is 0 Å². The molecule has 0 unspecified atom stereocenters.